The minimum absolute atomic E-state index is 0.731. The smallest absolute Gasteiger partial charge is 0.00108 e. The summed E-state index contributed by atoms with van der Waals surface area (Å²) in [5.41, 5.74) is 4.77. The maximum Gasteiger partial charge on any atom is -0.00108 e. The lowest BCUT2D eigenvalue weighted by atomic mass is 9.76. The van der Waals surface area contributed by atoms with Crippen LogP contribution >= 0.6 is 0 Å². The minimum atomic E-state index is 0.731. The first-order chi connectivity index (χ1) is 7.93. The van der Waals surface area contributed by atoms with E-state index in [1.54, 1.807) is 11.1 Å². The van der Waals surface area contributed by atoms with Crippen LogP contribution in [0.2, 0.25) is 0 Å². The lowest BCUT2D eigenvalue weighted by Gasteiger charge is -2.29. The van der Waals surface area contributed by atoms with Crippen LogP contribution in [0.15, 0.2) is 59.3 Å². The summed E-state index contributed by atoms with van der Waals surface area (Å²) in [5, 5.41) is 0. The standard InChI is InChI=1S/C16H18/c1-2-4-7-14-8-5-9-15-11-10-13(6-3-1)12-16(14)15/h1,3-4,6-7,10-11,15H,2,5,8-9,12H2/b3-1-,7-4-,13-6-. The summed E-state index contributed by atoms with van der Waals surface area (Å²) in [7, 11) is 0. The van der Waals surface area contributed by atoms with Crippen molar-refractivity contribution in [1.29, 1.82) is 0 Å². The molecule has 3 rings (SSSR count). The van der Waals surface area contributed by atoms with Gasteiger partial charge >= 0.3 is 0 Å². The van der Waals surface area contributed by atoms with Crippen molar-refractivity contribution in [1.82, 2.24) is 0 Å². The van der Waals surface area contributed by atoms with Crippen molar-refractivity contribution >= 4 is 0 Å². The van der Waals surface area contributed by atoms with E-state index in [4.69, 9.17) is 0 Å². The molecule has 16 heavy (non-hydrogen) atoms. The van der Waals surface area contributed by atoms with Crippen LogP contribution in [-0.4, -0.2) is 0 Å². The molecular weight excluding hydrogens is 192 g/mol. The zero-order valence-corrected chi connectivity index (χ0v) is 9.65. The van der Waals surface area contributed by atoms with E-state index in [-0.39, 0.29) is 0 Å². The Balaban J connectivity index is 2.07. The van der Waals surface area contributed by atoms with Crippen LogP contribution in [-0.2, 0) is 0 Å². The molecule has 0 heteroatoms. The van der Waals surface area contributed by atoms with Gasteiger partial charge in [0.25, 0.3) is 0 Å². The predicted octanol–water partition coefficient (Wildman–Crippen LogP) is 4.49. The van der Waals surface area contributed by atoms with Crippen LogP contribution < -0.4 is 0 Å². The van der Waals surface area contributed by atoms with Gasteiger partial charge in [-0.15, -0.1) is 0 Å². The highest BCUT2D eigenvalue weighted by atomic mass is 14.3. The third-order valence-electron chi connectivity index (χ3n) is 3.80. The Hall–Kier alpha value is -1.30. The second kappa shape index (κ2) is 4.29. The van der Waals surface area contributed by atoms with Gasteiger partial charge in [-0.05, 0) is 49.2 Å². The molecule has 0 radical (unpaired) electrons. The molecule has 82 valence electrons. The normalized spacial score (nSPS) is 35.2. The molecule has 3 aliphatic carbocycles. The zero-order valence-electron chi connectivity index (χ0n) is 9.65. The van der Waals surface area contributed by atoms with E-state index in [0.29, 0.717) is 0 Å². The summed E-state index contributed by atoms with van der Waals surface area (Å²) in [6.45, 7) is 0. The molecule has 0 N–H and O–H groups in total. The Kier molecular flexibility index (Phi) is 2.65. The lowest BCUT2D eigenvalue weighted by molar-refractivity contribution is 0.565. The van der Waals surface area contributed by atoms with Crippen LogP contribution in [0.5, 0.6) is 0 Å². The maximum absolute atomic E-state index is 2.41. The summed E-state index contributed by atoms with van der Waals surface area (Å²) < 4.78 is 0. The molecule has 2 bridgehead atoms. The van der Waals surface area contributed by atoms with Gasteiger partial charge < -0.3 is 0 Å². The molecule has 0 heterocycles. The molecular formula is C16H18. The largest absolute Gasteiger partial charge is 0.0807 e. The van der Waals surface area contributed by atoms with Crippen molar-refractivity contribution in [2.75, 3.05) is 0 Å². The van der Waals surface area contributed by atoms with Crippen molar-refractivity contribution in [3.05, 3.63) is 59.3 Å². The number of fused-ring (bicyclic) bond motifs is 1. The SMILES string of the molecule is C1=CC2CCCC3=C2C/C1=C\C=C/C/C=C\3. The monoisotopic (exact) mass is 210 g/mol. The van der Waals surface area contributed by atoms with Crippen LogP contribution in [0, 0.1) is 5.92 Å². The molecule has 1 unspecified atom stereocenters. The maximum atomic E-state index is 2.41. The summed E-state index contributed by atoms with van der Waals surface area (Å²) in [6.07, 6.45) is 22.3. The van der Waals surface area contributed by atoms with E-state index in [1.807, 2.05) is 0 Å². The van der Waals surface area contributed by atoms with Crippen LogP contribution in [0.1, 0.15) is 32.1 Å². The Morgan fingerprint density at radius 1 is 1.12 bits per heavy atom. The summed E-state index contributed by atoms with van der Waals surface area (Å²) in [5.74, 6) is 0.731. The van der Waals surface area contributed by atoms with Gasteiger partial charge in [-0.2, -0.15) is 0 Å². The van der Waals surface area contributed by atoms with E-state index in [0.717, 1.165) is 12.3 Å². The quantitative estimate of drug-likeness (QED) is 0.552. The lowest BCUT2D eigenvalue weighted by Crippen LogP contribution is -2.13. The van der Waals surface area contributed by atoms with Gasteiger partial charge in [0.1, 0.15) is 0 Å². The Morgan fingerprint density at radius 3 is 3.12 bits per heavy atom. The van der Waals surface area contributed by atoms with Crippen LogP contribution in [0.3, 0.4) is 0 Å². The second-order valence-corrected chi connectivity index (χ2v) is 4.89. The second-order valence-electron chi connectivity index (χ2n) is 4.89. The third-order valence-corrected chi connectivity index (χ3v) is 3.80. The van der Waals surface area contributed by atoms with E-state index in [1.165, 1.54) is 31.3 Å². The molecule has 3 aliphatic rings. The average Bonchev–Trinajstić information content (AvgIpc) is 2.34. The zero-order chi connectivity index (χ0) is 10.8. The van der Waals surface area contributed by atoms with E-state index in [2.05, 4.69) is 42.5 Å². The highest BCUT2D eigenvalue weighted by Crippen LogP contribution is 2.39. The summed E-state index contributed by atoms with van der Waals surface area (Å²) >= 11 is 0. The first-order valence-corrected chi connectivity index (χ1v) is 6.36. The van der Waals surface area contributed by atoms with Gasteiger partial charge in [0.2, 0.25) is 0 Å². The van der Waals surface area contributed by atoms with E-state index in [9.17, 15) is 0 Å². The third kappa shape index (κ3) is 1.84. The highest BCUT2D eigenvalue weighted by Gasteiger charge is 2.22. The topological polar surface area (TPSA) is 0 Å². The van der Waals surface area contributed by atoms with Crippen LogP contribution in [0.25, 0.3) is 0 Å². The number of hydrogen-bond donors (Lipinski definition) is 0. The van der Waals surface area contributed by atoms with Gasteiger partial charge in [-0.25, -0.2) is 0 Å². The molecule has 0 aromatic rings. The van der Waals surface area contributed by atoms with Crippen molar-refractivity contribution in [2.24, 2.45) is 5.92 Å². The number of rotatable bonds is 0. The van der Waals surface area contributed by atoms with Crippen molar-refractivity contribution in [3.63, 3.8) is 0 Å². The minimum Gasteiger partial charge on any atom is -0.0807 e. The number of hydrogen-bond acceptors (Lipinski definition) is 0. The van der Waals surface area contributed by atoms with E-state index < -0.39 is 0 Å². The molecule has 0 aromatic heterocycles. The fraction of sp³-hybridized carbons (Fsp3) is 0.375. The molecule has 0 aromatic carbocycles. The van der Waals surface area contributed by atoms with Crippen molar-refractivity contribution in [3.8, 4) is 0 Å². The molecule has 0 aliphatic heterocycles. The first kappa shape index (κ1) is 9.89. The fourth-order valence-corrected chi connectivity index (χ4v) is 2.92. The van der Waals surface area contributed by atoms with Crippen LogP contribution in [0.4, 0.5) is 0 Å². The Labute approximate surface area is 97.7 Å². The molecule has 0 saturated heterocycles. The van der Waals surface area contributed by atoms with Gasteiger partial charge in [-0.3, -0.25) is 0 Å². The molecule has 0 saturated carbocycles. The number of allylic oxidation sites excluding steroid dienone is 10. The van der Waals surface area contributed by atoms with E-state index >= 15 is 0 Å². The molecule has 0 fully saturated rings. The van der Waals surface area contributed by atoms with Gasteiger partial charge in [0, 0.05) is 0 Å². The fourth-order valence-electron chi connectivity index (χ4n) is 2.92. The molecule has 1 atom stereocenters. The van der Waals surface area contributed by atoms with Gasteiger partial charge in [0.05, 0.1) is 0 Å². The Morgan fingerprint density at radius 2 is 2.12 bits per heavy atom. The Bertz CT molecular complexity index is 427. The van der Waals surface area contributed by atoms with Gasteiger partial charge in [0.15, 0.2) is 0 Å². The molecule has 0 spiro atoms. The van der Waals surface area contributed by atoms with Gasteiger partial charge in [-0.1, -0.05) is 48.1 Å². The predicted molar refractivity (Wildman–Crippen MR) is 69.1 cm³/mol. The summed E-state index contributed by atoms with van der Waals surface area (Å²) in [6, 6.07) is 0. The average molecular weight is 210 g/mol. The van der Waals surface area contributed by atoms with Crippen molar-refractivity contribution in [2.45, 2.75) is 32.1 Å². The summed E-state index contributed by atoms with van der Waals surface area (Å²) in [4.78, 5) is 0. The highest BCUT2D eigenvalue weighted by molar-refractivity contribution is 5.43. The first-order valence-electron chi connectivity index (χ1n) is 6.36. The molecule has 0 amide bonds. The van der Waals surface area contributed by atoms with Crippen molar-refractivity contribution < 1.29 is 0 Å². The molecule has 0 nitrogen and oxygen atoms in total.